The van der Waals surface area contributed by atoms with Gasteiger partial charge in [0.05, 0.1) is 27.7 Å². The molecule has 2 unspecified atom stereocenters. The number of phosphoric ester groups is 1. The van der Waals surface area contributed by atoms with E-state index in [1.807, 2.05) is 21.1 Å². The Morgan fingerprint density at radius 3 is 1.01 bits per heavy atom. The van der Waals surface area contributed by atoms with Crippen LogP contribution in [0.3, 0.4) is 0 Å². The molecule has 0 amide bonds. The fourth-order valence-electron chi connectivity index (χ4n) is 10.8. The Labute approximate surface area is 522 Å². The zero-order valence-corrected chi connectivity index (χ0v) is 57.3. The van der Waals surface area contributed by atoms with Gasteiger partial charge in [0.1, 0.15) is 19.8 Å². The van der Waals surface area contributed by atoms with Crippen molar-refractivity contribution in [3.8, 4) is 0 Å². The molecule has 0 heterocycles. The lowest BCUT2D eigenvalue weighted by atomic mass is 10.0. The predicted molar refractivity (Wildman–Crippen MR) is 363 cm³/mol. The maximum Gasteiger partial charge on any atom is 0.472 e. The molecule has 0 rings (SSSR count). The Morgan fingerprint density at radius 1 is 0.381 bits per heavy atom. The van der Waals surface area contributed by atoms with E-state index in [9.17, 15) is 19.0 Å². The zero-order chi connectivity index (χ0) is 61.2. The molecule has 0 aliphatic rings. The molecule has 0 aliphatic heterocycles. The smallest absolute Gasteiger partial charge is 0.462 e. The van der Waals surface area contributed by atoms with Crippen molar-refractivity contribution < 1.29 is 42.1 Å². The number of hydrogen-bond acceptors (Lipinski definition) is 7. The molecule has 0 radical (unpaired) electrons. The van der Waals surface area contributed by atoms with Gasteiger partial charge in [-0.2, -0.15) is 0 Å². The Bertz CT molecular complexity index is 1560. The molecule has 9 nitrogen and oxygen atoms in total. The summed E-state index contributed by atoms with van der Waals surface area (Å²) < 4.78 is 34.7. The van der Waals surface area contributed by atoms with Crippen molar-refractivity contribution in [1.29, 1.82) is 0 Å². The molecule has 494 valence electrons. The van der Waals surface area contributed by atoms with Crippen LogP contribution in [0, 0.1) is 0 Å². The lowest BCUT2D eigenvalue weighted by Gasteiger charge is -2.24. The van der Waals surface area contributed by atoms with Gasteiger partial charge in [0.2, 0.25) is 0 Å². The Kier molecular flexibility index (Phi) is 63.8. The van der Waals surface area contributed by atoms with Gasteiger partial charge in [0, 0.05) is 12.8 Å². The molecule has 0 fully saturated rings. The second-order valence-electron chi connectivity index (χ2n) is 26.0. The number of likely N-dealkylation sites (N-methyl/N-ethyl adjacent to an activating group) is 1. The molecule has 0 spiro atoms. The molecule has 0 aromatic carbocycles. The first kappa shape index (κ1) is 82.0. The molecule has 2 atom stereocenters. The van der Waals surface area contributed by atoms with Gasteiger partial charge < -0.3 is 18.9 Å². The van der Waals surface area contributed by atoms with Gasteiger partial charge >= 0.3 is 19.8 Å². The minimum atomic E-state index is -4.39. The summed E-state index contributed by atoms with van der Waals surface area (Å²) >= 11 is 0. The SMILES string of the molecule is CC/C=C\C/C=C\C/C=C\C/C=C\CCCCCCCCC(=O)OC(COC(=O)CCCCCCCCCCCCCCCCCCCCCCCCCCCCCCCCCCCCCCCCCCC)COP(=O)(O)OCC[N+](C)(C)C. The van der Waals surface area contributed by atoms with Crippen LogP contribution in [0.5, 0.6) is 0 Å². The number of allylic oxidation sites excluding steroid dienone is 8. The third kappa shape index (κ3) is 69.1. The number of nitrogens with zero attached hydrogens (tertiary/aromatic N) is 1. The van der Waals surface area contributed by atoms with E-state index in [0.29, 0.717) is 17.4 Å². The van der Waals surface area contributed by atoms with E-state index in [2.05, 4.69) is 62.5 Å². The first-order valence-electron chi connectivity index (χ1n) is 36.4. The standard InChI is InChI=1S/C74H140NO8P/c1-6-8-10-12-14-16-18-20-22-24-26-27-28-29-30-31-32-33-34-35-36-37-38-39-40-41-42-43-44-45-46-47-49-50-52-54-56-58-60-62-64-66-73(76)80-70-72(71-82-84(78,79)81-69-68-75(3,4)5)83-74(77)67-65-63-61-59-57-55-53-51-48-25-23-21-19-17-15-13-11-9-7-2/h9,11,15,17,21,23,48,51,72H,6-8,10,12-14,16,18-20,22,24-47,49-50,52-71H2,1-5H3/p+1/b11-9-,17-15-,23-21-,51-48-. The van der Waals surface area contributed by atoms with Crippen LogP contribution in [0.4, 0.5) is 0 Å². The number of rotatable bonds is 68. The fourth-order valence-corrected chi connectivity index (χ4v) is 11.6. The summed E-state index contributed by atoms with van der Waals surface area (Å²) in [5, 5.41) is 0. The molecular formula is C74H141NO8P+. The van der Waals surface area contributed by atoms with Crippen molar-refractivity contribution in [2.24, 2.45) is 0 Å². The fraction of sp³-hybridized carbons (Fsp3) is 0.865. The van der Waals surface area contributed by atoms with Gasteiger partial charge in [0.25, 0.3) is 0 Å². The monoisotopic (exact) mass is 1200 g/mol. The molecule has 84 heavy (non-hydrogen) atoms. The minimum absolute atomic E-state index is 0.0287. The molecule has 1 N–H and O–H groups in total. The summed E-state index contributed by atoms with van der Waals surface area (Å²) in [5.41, 5.74) is 0. The average Bonchev–Trinajstić information content (AvgIpc) is 3.61. The summed E-state index contributed by atoms with van der Waals surface area (Å²) in [4.78, 5) is 35.8. The Balaban J connectivity index is 3.85. The summed E-state index contributed by atoms with van der Waals surface area (Å²) in [6.45, 7) is 4.35. The summed E-state index contributed by atoms with van der Waals surface area (Å²) in [7, 11) is 1.48. The first-order valence-corrected chi connectivity index (χ1v) is 37.9. The van der Waals surface area contributed by atoms with Gasteiger partial charge in [-0.25, -0.2) is 4.57 Å². The molecule has 0 aromatic rings. The van der Waals surface area contributed by atoms with Gasteiger partial charge in [-0.15, -0.1) is 0 Å². The van der Waals surface area contributed by atoms with Gasteiger partial charge in [0.15, 0.2) is 6.10 Å². The third-order valence-electron chi connectivity index (χ3n) is 16.4. The topological polar surface area (TPSA) is 108 Å². The molecule has 10 heteroatoms. The van der Waals surface area contributed by atoms with Crippen LogP contribution in [0.1, 0.15) is 361 Å². The number of phosphoric acid groups is 1. The summed E-state index contributed by atoms with van der Waals surface area (Å²) in [5.74, 6) is -0.800. The highest BCUT2D eigenvalue weighted by Gasteiger charge is 2.27. The van der Waals surface area contributed by atoms with Crippen LogP contribution in [0.15, 0.2) is 48.6 Å². The van der Waals surface area contributed by atoms with E-state index >= 15 is 0 Å². The quantitative estimate of drug-likeness (QED) is 0.0211. The first-order chi connectivity index (χ1) is 41.0. The maximum atomic E-state index is 12.8. The number of esters is 2. The summed E-state index contributed by atoms with van der Waals surface area (Å²) in [6.07, 6.45) is 85.5. The highest BCUT2D eigenvalue weighted by molar-refractivity contribution is 7.47. The molecule has 0 bridgehead atoms. The van der Waals surface area contributed by atoms with Crippen LogP contribution in [0.25, 0.3) is 0 Å². The van der Waals surface area contributed by atoms with Gasteiger partial charge in [-0.05, 0) is 51.4 Å². The van der Waals surface area contributed by atoms with E-state index in [0.717, 1.165) is 83.5 Å². The number of carbonyl (C=O) groups excluding carboxylic acids is 2. The van der Waals surface area contributed by atoms with Crippen LogP contribution in [-0.4, -0.2) is 74.9 Å². The van der Waals surface area contributed by atoms with Crippen LogP contribution in [-0.2, 0) is 32.7 Å². The number of carbonyl (C=O) groups is 2. The van der Waals surface area contributed by atoms with Crippen molar-refractivity contribution in [3.05, 3.63) is 48.6 Å². The predicted octanol–water partition coefficient (Wildman–Crippen LogP) is 23.6. The lowest BCUT2D eigenvalue weighted by molar-refractivity contribution is -0.870. The molecule has 0 saturated carbocycles. The van der Waals surface area contributed by atoms with Crippen LogP contribution in [0.2, 0.25) is 0 Å². The average molecular weight is 1200 g/mol. The van der Waals surface area contributed by atoms with E-state index in [1.165, 1.54) is 244 Å². The van der Waals surface area contributed by atoms with Crippen LogP contribution < -0.4 is 0 Å². The lowest BCUT2D eigenvalue weighted by Crippen LogP contribution is -2.37. The largest absolute Gasteiger partial charge is 0.472 e. The number of ether oxygens (including phenoxy) is 2. The second-order valence-corrected chi connectivity index (χ2v) is 27.4. The molecule has 0 aliphatic carbocycles. The van der Waals surface area contributed by atoms with E-state index in [4.69, 9.17) is 18.5 Å². The van der Waals surface area contributed by atoms with E-state index < -0.39 is 26.5 Å². The van der Waals surface area contributed by atoms with Crippen molar-refractivity contribution in [2.75, 3.05) is 47.5 Å². The van der Waals surface area contributed by atoms with Gasteiger partial charge in [-0.1, -0.05) is 345 Å². The van der Waals surface area contributed by atoms with Crippen molar-refractivity contribution in [2.45, 2.75) is 367 Å². The normalized spacial score (nSPS) is 13.4. The van der Waals surface area contributed by atoms with Crippen molar-refractivity contribution in [1.82, 2.24) is 0 Å². The second kappa shape index (κ2) is 65.4. The van der Waals surface area contributed by atoms with E-state index in [1.54, 1.807) is 0 Å². The van der Waals surface area contributed by atoms with E-state index in [-0.39, 0.29) is 32.0 Å². The Morgan fingerprint density at radius 2 is 0.679 bits per heavy atom. The number of hydrogen-bond donors (Lipinski definition) is 1. The highest BCUT2D eigenvalue weighted by atomic mass is 31.2. The minimum Gasteiger partial charge on any atom is -0.462 e. The van der Waals surface area contributed by atoms with Crippen molar-refractivity contribution >= 4 is 19.8 Å². The Hall–Kier alpha value is -2.03. The third-order valence-corrected chi connectivity index (χ3v) is 17.4. The number of quaternary nitrogens is 1. The van der Waals surface area contributed by atoms with Crippen molar-refractivity contribution in [3.63, 3.8) is 0 Å². The summed E-state index contributed by atoms with van der Waals surface area (Å²) in [6, 6.07) is 0. The zero-order valence-electron chi connectivity index (χ0n) is 56.4. The van der Waals surface area contributed by atoms with Crippen LogP contribution >= 0.6 is 7.82 Å². The number of unbranched alkanes of at least 4 members (excludes halogenated alkanes) is 46. The van der Waals surface area contributed by atoms with Gasteiger partial charge in [-0.3, -0.25) is 18.6 Å². The highest BCUT2D eigenvalue weighted by Crippen LogP contribution is 2.43. The maximum absolute atomic E-state index is 12.8. The molecular weight excluding hydrogens is 1060 g/mol. The molecule has 0 saturated heterocycles. The molecule has 0 aromatic heterocycles.